The number of ether oxygens (including phenoxy) is 1. The number of aromatic nitrogens is 5. The Bertz CT molecular complexity index is 1570. The zero-order chi connectivity index (χ0) is 26.6. The Balaban J connectivity index is 1.53. The van der Waals surface area contributed by atoms with Crippen LogP contribution in [0.15, 0.2) is 70.1 Å². The van der Waals surface area contributed by atoms with Crippen LogP contribution in [0, 0.1) is 13.8 Å². The van der Waals surface area contributed by atoms with Crippen molar-refractivity contribution in [3.8, 4) is 5.75 Å². The number of rotatable bonds is 10. The molecule has 5 rings (SSSR count). The maximum absolute atomic E-state index is 13.3. The highest BCUT2D eigenvalue weighted by Gasteiger charge is 2.26. The molecule has 0 radical (unpaired) electrons. The van der Waals surface area contributed by atoms with Crippen molar-refractivity contribution < 1.29 is 9.15 Å². The van der Waals surface area contributed by atoms with Gasteiger partial charge in [0.05, 0.1) is 24.9 Å². The number of furan rings is 1. The molecule has 196 valence electrons. The Morgan fingerprint density at radius 2 is 1.92 bits per heavy atom. The lowest BCUT2D eigenvalue weighted by Crippen LogP contribution is -2.32. The van der Waals surface area contributed by atoms with Gasteiger partial charge in [-0.2, -0.15) is 0 Å². The molecule has 0 aliphatic rings. The second kappa shape index (κ2) is 11.0. The smallest absolute Gasteiger partial charge is 0.252 e. The molecule has 0 spiro atoms. The lowest BCUT2D eigenvalue weighted by atomic mass is 10.0. The monoisotopic (exact) mass is 512 g/mol. The number of hydrogen-bond donors (Lipinski definition) is 1. The third-order valence-corrected chi connectivity index (χ3v) is 7.12. The molecule has 0 bridgehead atoms. The van der Waals surface area contributed by atoms with Gasteiger partial charge in [-0.05, 0) is 83.1 Å². The number of benzene rings is 2. The summed E-state index contributed by atoms with van der Waals surface area (Å²) in [6, 6.07) is 17.7. The molecule has 0 aliphatic heterocycles. The number of nitrogens with zero attached hydrogens (tertiary/aromatic N) is 5. The van der Waals surface area contributed by atoms with E-state index in [0.717, 1.165) is 51.3 Å². The van der Waals surface area contributed by atoms with Crippen LogP contribution in [0.3, 0.4) is 0 Å². The predicted octanol–water partition coefficient (Wildman–Crippen LogP) is 4.93. The molecule has 1 atom stereocenters. The molecule has 2 aromatic carbocycles. The number of H-pyrrole nitrogens is 1. The van der Waals surface area contributed by atoms with E-state index in [1.807, 2.05) is 49.4 Å². The van der Waals surface area contributed by atoms with Gasteiger partial charge in [0.2, 0.25) is 0 Å². The van der Waals surface area contributed by atoms with Crippen LogP contribution in [0.4, 0.5) is 0 Å². The van der Waals surface area contributed by atoms with Crippen molar-refractivity contribution >= 4 is 10.9 Å². The zero-order valence-electron chi connectivity index (χ0n) is 22.1. The molecule has 3 aromatic heterocycles. The molecule has 0 fully saturated rings. The van der Waals surface area contributed by atoms with Crippen LogP contribution in [0.1, 0.15) is 53.2 Å². The van der Waals surface area contributed by atoms with E-state index < -0.39 is 0 Å². The number of hydrogen-bond acceptors (Lipinski definition) is 7. The summed E-state index contributed by atoms with van der Waals surface area (Å²) in [5.41, 5.74) is 4.82. The maximum atomic E-state index is 13.3. The topological polar surface area (TPSA) is 102 Å². The number of methoxy groups -OCH3 is 1. The number of fused-ring (bicyclic) bond motifs is 1. The average Bonchev–Trinajstić information content (AvgIpc) is 3.61. The fraction of sp³-hybridized carbons (Fsp3) is 0.310. The minimum absolute atomic E-state index is 0.0871. The van der Waals surface area contributed by atoms with Gasteiger partial charge in [-0.25, -0.2) is 4.68 Å². The first kappa shape index (κ1) is 25.4. The van der Waals surface area contributed by atoms with E-state index in [1.54, 1.807) is 18.1 Å². The molecule has 9 heteroatoms. The number of aromatic amines is 1. The minimum atomic E-state index is -0.142. The summed E-state index contributed by atoms with van der Waals surface area (Å²) >= 11 is 0. The normalized spacial score (nSPS) is 12.3. The summed E-state index contributed by atoms with van der Waals surface area (Å²) in [6.45, 7) is 7.65. The third kappa shape index (κ3) is 5.24. The highest BCUT2D eigenvalue weighted by Crippen LogP contribution is 2.28. The van der Waals surface area contributed by atoms with Gasteiger partial charge in [0.1, 0.15) is 18.1 Å². The number of aryl methyl sites for hydroxylation is 2. The van der Waals surface area contributed by atoms with Gasteiger partial charge in [-0.3, -0.25) is 9.69 Å². The van der Waals surface area contributed by atoms with Crippen molar-refractivity contribution in [3.05, 3.63) is 105 Å². The number of nitrogens with one attached hydrogen (secondary N) is 1. The van der Waals surface area contributed by atoms with E-state index in [9.17, 15) is 4.79 Å². The Morgan fingerprint density at radius 3 is 2.63 bits per heavy atom. The van der Waals surface area contributed by atoms with Gasteiger partial charge < -0.3 is 14.1 Å². The molecule has 0 aliphatic carbocycles. The predicted molar refractivity (Wildman–Crippen MR) is 145 cm³/mol. The van der Waals surface area contributed by atoms with E-state index in [2.05, 4.69) is 51.4 Å². The summed E-state index contributed by atoms with van der Waals surface area (Å²) in [4.78, 5) is 18.7. The molecular formula is C29H32N6O3. The standard InChI is InChI=1S/C29H32N6O3/c1-5-26(28-31-32-33-35(28)18-25-7-6-14-38-25)34(16-21-9-12-24(37-4)13-10-21)17-23-15-22-11-8-19(2)20(3)27(22)30-29(23)36/h6-15,26H,5,16-18H2,1-4H3,(H,30,36)/t26-/m1/s1. The van der Waals surface area contributed by atoms with Gasteiger partial charge in [0.15, 0.2) is 5.82 Å². The van der Waals surface area contributed by atoms with Gasteiger partial charge in [-0.1, -0.05) is 31.2 Å². The summed E-state index contributed by atoms with van der Waals surface area (Å²) in [5.74, 6) is 2.29. The fourth-order valence-electron chi connectivity index (χ4n) is 4.87. The van der Waals surface area contributed by atoms with Gasteiger partial charge in [-0.15, -0.1) is 5.10 Å². The van der Waals surface area contributed by atoms with Crippen LogP contribution < -0.4 is 10.3 Å². The van der Waals surface area contributed by atoms with E-state index in [-0.39, 0.29) is 11.6 Å². The van der Waals surface area contributed by atoms with Crippen molar-refractivity contribution in [2.45, 2.75) is 52.9 Å². The van der Waals surface area contributed by atoms with Gasteiger partial charge >= 0.3 is 0 Å². The first-order valence-corrected chi connectivity index (χ1v) is 12.7. The lowest BCUT2D eigenvalue weighted by Gasteiger charge is -2.30. The average molecular weight is 513 g/mol. The second-order valence-electron chi connectivity index (χ2n) is 9.55. The van der Waals surface area contributed by atoms with Crippen molar-refractivity contribution in [3.63, 3.8) is 0 Å². The number of pyridine rings is 1. The van der Waals surface area contributed by atoms with Crippen LogP contribution in [-0.4, -0.2) is 37.2 Å². The Labute approximate surface area is 221 Å². The second-order valence-corrected chi connectivity index (χ2v) is 9.55. The largest absolute Gasteiger partial charge is 0.497 e. The molecule has 0 unspecified atom stereocenters. The lowest BCUT2D eigenvalue weighted by molar-refractivity contribution is 0.161. The SMILES string of the molecule is CC[C@H](c1nnnn1Cc1ccco1)N(Cc1ccc(OC)cc1)Cc1cc2ccc(C)c(C)c2[nH]c1=O. The maximum Gasteiger partial charge on any atom is 0.252 e. The Morgan fingerprint density at radius 1 is 1.11 bits per heavy atom. The number of tetrazole rings is 1. The van der Waals surface area contributed by atoms with Gasteiger partial charge in [0.25, 0.3) is 5.56 Å². The first-order valence-electron chi connectivity index (χ1n) is 12.7. The molecular weight excluding hydrogens is 480 g/mol. The highest BCUT2D eigenvalue weighted by atomic mass is 16.5. The van der Waals surface area contributed by atoms with Crippen molar-refractivity contribution in [2.75, 3.05) is 7.11 Å². The first-order chi connectivity index (χ1) is 18.5. The summed E-state index contributed by atoms with van der Waals surface area (Å²) < 4.78 is 12.6. The molecule has 1 N–H and O–H groups in total. The Hall–Kier alpha value is -4.24. The highest BCUT2D eigenvalue weighted by molar-refractivity contribution is 5.83. The van der Waals surface area contributed by atoms with E-state index in [1.165, 1.54) is 0 Å². The molecule has 3 heterocycles. The van der Waals surface area contributed by atoms with E-state index in [4.69, 9.17) is 9.15 Å². The zero-order valence-corrected chi connectivity index (χ0v) is 22.1. The molecule has 9 nitrogen and oxygen atoms in total. The van der Waals surface area contributed by atoms with Crippen molar-refractivity contribution in [1.29, 1.82) is 0 Å². The summed E-state index contributed by atoms with van der Waals surface area (Å²) in [6.07, 6.45) is 2.39. The summed E-state index contributed by atoms with van der Waals surface area (Å²) in [7, 11) is 1.66. The van der Waals surface area contributed by atoms with Crippen LogP contribution in [0.25, 0.3) is 10.9 Å². The van der Waals surface area contributed by atoms with E-state index in [0.29, 0.717) is 25.2 Å². The third-order valence-electron chi connectivity index (χ3n) is 7.12. The minimum Gasteiger partial charge on any atom is -0.497 e. The van der Waals surface area contributed by atoms with Gasteiger partial charge in [0, 0.05) is 18.7 Å². The summed E-state index contributed by atoms with van der Waals surface area (Å²) in [5, 5.41) is 13.6. The molecule has 0 amide bonds. The van der Waals surface area contributed by atoms with Crippen LogP contribution >= 0.6 is 0 Å². The molecule has 5 aromatic rings. The molecule has 0 saturated heterocycles. The van der Waals surface area contributed by atoms with Crippen molar-refractivity contribution in [2.24, 2.45) is 0 Å². The Kier molecular flexibility index (Phi) is 7.37. The quantitative estimate of drug-likeness (QED) is 0.283. The van der Waals surface area contributed by atoms with Crippen LogP contribution in [-0.2, 0) is 19.6 Å². The molecule has 0 saturated carbocycles. The van der Waals surface area contributed by atoms with E-state index >= 15 is 0 Å². The van der Waals surface area contributed by atoms with Crippen LogP contribution in [0.5, 0.6) is 5.75 Å². The fourth-order valence-corrected chi connectivity index (χ4v) is 4.87. The van der Waals surface area contributed by atoms with Crippen LogP contribution in [0.2, 0.25) is 0 Å². The molecule has 38 heavy (non-hydrogen) atoms. The van der Waals surface area contributed by atoms with Crippen molar-refractivity contribution in [1.82, 2.24) is 30.1 Å².